The largest absolute Gasteiger partial charge is 0.335 e. The Morgan fingerprint density at radius 2 is 2.04 bits per heavy atom. The van der Waals surface area contributed by atoms with Gasteiger partial charge in [-0.2, -0.15) is 0 Å². The third-order valence-electron chi connectivity index (χ3n) is 4.66. The summed E-state index contributed by atoms with van der Waals surface area (Å²) in [5.41, 5.74) is 2.32. The van der Waals surface area contributed by atoms with Crippen LogP contribution in [0.25, 0.3) is 10.9 Å². The fourth-order valence-corrected chi connectivity index (χ4v) is 4.49. The molecule has 1 fully saturated rings. The molecule has 3 rings (SSSR count). The molecule has 1 aromatic carbocycles. The summed E-state index contributed by atoms with van der Waals surface area (Å²) in [6.07, 6.45) is 5.45. The molecule has 1 atom stereocenters. The minimum Gasteiger partial charge on any atom is -0.335 e. The lowest BCUT2D eigenvalue weighted by Crippen LogP contribution is -2.47. The molecule has 6 heteroatoms. The molecular formula is C18H22N2O3S. The molecule has 128 valence electrons. The number of piperidine rings is 1. The summed E-state index contributed by atoms with van der Waals surface area (Å²) in [5.74, 6) is -0.0854. The number of fused-ring (bicyclic) bond motifs is 1. The molecule has 1 saturated heterocycles. The van der Waals surface area contributed by atoms with E-state index < -0.39 is 9.84 Å². The summed E-state index contributed by atoms with van der Waals surface area (Å²) >= 11 is 0. The minimum atomic E-state index is -3.13. The Balaban J connectivity index is 1.96. The standard InChI is InChI=1S/C18H22N2O3S/c1-13-15-8-3-4-9-17(15)19-11-16(13)18(21)20-10-6-5-7-14(20)12-24(2,22)23/h3-4,8-9,11,14H,5-7,10,12H2,1-2H3. The van der Waals surface area contributed by atoms with Gasteiger partial charge in [0.25, 0.3) is 5.91 Å². The molecule has 1 amide bonds. The van der Waals surface area contributed by atoms with Gasteiger partial charge < -0.3 is 4.90 Å². The van der Waals surface area contributed by atoms with E-state index in [2.05, 4.69) is 4.98 Å². The highest BCUT2D eigenvalue weighted by Gasteiger charge is 2.30. The predicted octanol–water partition coefficient (Wildman–Crippen LogP) is 2.58. The Bertz CT molecular complexity index is 877. The third kappa shape index (κ3) is 3.43. The number of pyridine rings is 1. The van der Waals surface area contributed by atoms with Crippen molar-refractivity contribution in [1.82, 2.24) is 9.88 Å². The number of benzene rings is 1. The molecule has 0 N–H and O–H groups in total. The lowest BCUT2D eigenvalue weighted by atomic mass is 9.99. The molecule has 1 aliphatic heterocycles. The first-order valence-corrected chi connectivity index (χ1v) is 10.3. The van der Waals surface area contributed by atoms with Crippen LogP contribution in [0, 0.1) is 6.92 Å². The van der Waals surface area contributed by atoms with Crippen molar-refractivity contribution in [1.29, 1.82) is 0 Å². The molecule has 1 aromatic heterocycles. The maximum atomic E-state index is 13.1. The summed E-state index contributed by atoms with van der Waals surface area (Å²) < 4.78 is 23.4. The van der Waals surface area contributed by atoms with Crippen molar-refractivity contribution in [3.63, 3.8) is 0 Å². The Morgan fingerprint density at radius 1 is 1.29 bits per heavy atom. The van der Waals surface area contributed by atoms with E-state index in [0.717, 1.165) is 35.7 Å². The second kappa shape index (κ2) is 6.51. The second-order valence-electron chi connectivity index (χ2n) is 6.55. The number of amides is 1. The summed E-state index contributed by atoms with van der Waals surface area (Å²) in [6, 6.07) is 7.48. The highest BCUT2D eigenvalue weighted by atomic mass is 32.2. The first kappa shape index (κ1) is 16.9. The van der Waals surface area contributed by atoms with Crippen molar-refractivity contribution in [3.8, 4) is 0 Å². The molecule has 2 heterocycles. The monoisotopic (exact) mass is 346 g/mol. The van der Waals surface area contributed by atoms with Crippen LogP contribution in [0.1, 0.15) is 35.2 Å². The minimum absolute atomic E-state index is 0.0266. The lowest BCUT2D eigenvalue weighted by Gasteiger charge is -2.35. The quantitative estimate of drug-likeness (QED) is 0.857. The number of hydrogen-bond acceptors (Lipinski definition) is 4. The average molecular weight is 346 g/mol. The van der Waals surface area contributed by atoms with Crippen molar-refractivity contribution >= 4 is 26.6 Å². The first-order chi connectivity index (χ1) is 11.4. The molecule has 5 nitrogen and oxygen atoms in total. The topological polar surface area (TPSA) is 67.3 Å². The Morgan fingerprint density at radius 3 is 2.79 bits per heavy atom. The molecule has 0 aliphatic carbocycles. The Hall–Kier alpha value is -1.95. The zero-order valence-corrected chi connectivity index (χ0v) is 14.8. The van der Waals surface area contributed by atoms with Crippen LogP contribution in [0.4, 0.5) is 0 Å². The van der Waals surface area contributed by atoms with Gasteiger partial charge in [-0.05, 0) is 37.8 Å². The van der Waals surface area contributed by atoms with Gasteiger partial charge >= 0.3 is 0 Å². The van der Waals surface area contributed by atoms with Gasteiger partial charge in [-0.3, -0.25) is 9.78 Å². The van der Waals surface area contributed by atoms with E-state index in [0.29, 0.717) is 12.1 Å². The summed E-state index contributed by atoms with van der Waals surface area (Å²) in [6.45, 7) is 2.53. The number of hydrogen-bond donors (Lipinski definition) is 0. The van der Waals surface area contributed by atoms with Gasteiger partial charge in [0.1, 0.15) is 9.84 Å². The molecule has 0 bridgehead atoms. The summed E-state index contributed by atoms with van der Waals surface area (Å²) in [5, 5.41) is 0.958. The smallest absolute Gasteiger partial charge is 0.255 e. The van der Waals surface area contributed by atoms with E-state index in [9.17, 15) is 13.2 Å². The van der Waals surface area contributed by atoms with Crippen LogP contribution in [0.3, 0.4) is 0 Å². The van der Waals surface area contributed by atoms with Crippen LogP contribution in [0.2, 0.25) is 0 Å². The maximum Gasteiger partial charge on any atom is 0.255 e. The number of sulfone groups is 1. The predicted molar refractivity (Wildman–Crippen MR) is 94.9 cm³/mol. The van der Waals surface area contributed by atoms with Crippen molar-refractivity contribution < 1.29 is 13.2 Å². The molecule has 1 unspecified atom stereocenters. The van der Waals surface area contributed by atoms with Gasteiger partial charge in [0.05, 0.1) is 16.8 Å². The van der Waals surface area contributed by atoms with E-state index in [4.69, 9.17) is 0 Å². The SMILES string of the molecule is Cc1c(C(=O)N2CCCCC2CS(C)(=O)=O)cnc2ccccc12. The number of para-hydroxylation sites is 1. The van der Waals surface area contributed by atoms with E-state index in [1.807, 2.05) is 31.2 Å². The van der Waals surface area contributed by atoms with Gasteiger partial charge in [-0.1, -0.05) is 18.2 Å². The van der Waals surface area contributed by atoms with E-state index in [1.54, 1.807) is 11.1 Å². The van der Waals surface area contributed by atoms with Crippen LogP contribution >= 0.6 is 0 Å². The number of aromatic nitrogens is 1. The van der Waals surface area contributed by atoms with Gasteiger partial charge in [0.15, 0.2) is 0 Å². The van der Waals surface area contributed by atoms with Crippen molar-refractivity contribution in [2.75, 3.05) is 18.6 Å². The van der Waals surface area contributed by atoms with E-state index >= 15 is 0 Å². The normalized spacial score (nSPS) is 18.8. The van der Waals surface area contributed by atoms with Crippen LogP contribution in [0.5, 0.6) is 0 Å². The van der Waals surface area contributed by atoms with Gasteiger partial charge in [-0.25, -0.2) is 8.42 Å². The number of rotatable bonds is 3. The number of nitrogens with zero attached hydrogens (tertiary/aromatic N) is 2. The first-order valence-electron chi connectivity index (χ1n) is 8.20. The van der Waals surface area contributed by atoms with Crippen molar-refractivity contribution in [2.24, 2.45) is 0 Å². The van der Waals surface area contributed by atoms with Crippen LogP contribution in [-0.4, -0.2) is 48.8 Å². The van der Waals surface area contributed by atoms with Crippen LogP contribution in [-0.2, 0) is 9.84 Å². The fraction of sp³-hybridized carbons (Fsp3) is 0.444. The van der Waals surface area contributed by atoms with Crippen molar-refractivity contribution in [3.05, 3.63) is 41.6 Å². The highest BCUT2D eigenvalue weighted by Crippen LogP contribution is 2.25. The van der Waals surface area contributed by atoms with Gasteiger partial charge in [-0.15, -0.1) is 0 Å². The van der Waals surface area contributed by atoms with Crippen molar-refractivity contribution in [2.45, 2.75) is 32.2 Å². The lowest BCUT2D eigenvalue weighted by molar-refractivity contribution is 0.0638. The van der Waals surface area contributed by atoms with Gasteiger partial charge in [0.2, 0.25) is 0 Å². The molecular weight excluding hydrogens is 324 g/mol. The molecule has 0 spiro atoms. The zero-order valence-electron chi connectivity index (χ0n) is 14.0. The molecule has 0 radical (unpaired) electrons. The number of carbonyl (C=O) groups is 1. The Kier molecular flexibility index (Phi) is 4.58. The average Bonchev–Trinajstić information content (AvgIpc) is 2.54. The number of carbonyl (C=O) groups excluding carboxylic acids is 1. The summed E-state index contributed by atoms with van der Waals surface area (Å²) in [7, 11) is -3.13. The van der Waals surface area contributed by atoms with E-state index in [1.165, 1.54) is 6.26 Å². The fourth-order valence-electron chi connectivity index (χ4n) is 3.44. The molecule has 24 heavy (non-hydrogen) atoms. The zero-order chi connectivity index (χ0) is 17.3. The molecule has 2 aromatic rings. The summed E-state index contributed by atoms with van der Waals surface area (Å²) in [4.78, 5) is 19.2. The second-order valence-corrected chi connectivity index (χ2v) is 8.74. The van der Waals surface area contributed by atoms with Crippen LogP contribution in [0.15, 0.2) is 30.5 Å². The molecule has 1 aliphatic rings. The number of likely N-dealkylation sites (tertiary alicyclic amines) is 1. The Labute approximate surface area is 142 Å². The third-order valence-corrected chi connectivity index (χ3v) is 5.65. The maximum absolute atomic E-state index is 13.1. The van der Waals surface area contributed by atoms with Gasteiger partial charge in [0, 0.05) is 30.4 Å². The molecule has 0 saturated carbocycles. The highest BCUT2D eigenvalue weighted by molar-refractivity contribution is 7.90. The van der Waals surface area contributed by atoms with Crippen LogP contribution < -0.4 is 0 Å². The number of aryl methyl sites for hydroxylation is 1. The van der Waals surface area contributed by atoms with E-state index in [-0.39, 0.29) is 17.7 Å².